The summed E-state index contributed by atoms with van der Waals surface area (Å²) in [4.78, 5) is 32.1. The second-order valence-electron chi connectivity index (χ2n) is 10.0. The molecular formula is C30H29ClF3N5O3. The summed E-state index contributed by atoms with van der Waals surface area (Å²) in [6, 6.07) is 13.6. The van der Waals surface area contributed by atoms with Gasteiger partial charge in [0.05, 0.1) is 30.3 Å². The fourth-order valence-corrected chi connectivity index (χ4v) is 5.15. The van der Waals surface area contributed by atoms with Crippen molar-refractivity contribution >= 4 is 40.6 Å². The molecule has 2 heterocycles. The molecule has 0 unspecified atom stereocenters. The van der Waals surface area contributed by atoms with Crippen molar-refractivity contribution in [3.63, 3.8) is 0 Å². The van der Waals surface area contributed by atoms with Gasteiger partial charge in [0.25, 0.3) is 5.91 Å². The topological polar surface area (TPSA) is 95.1 Å². The zero-order chi connectivity index (χ0) is 29.9. The number of morpholine rings is 1. The summed E-state index contributed by atoms with van der Waals surface area (Å²) in [6.07, 6.45) is -4.65. The summed E-state index contributed by atoms with van der Waals surface area (Å²) in [5.74, 6) is -0.203. The molecule has 8 nitrogen and oxygen atoms in total. The summed E-state index contributed by atoms with van der Waals surface area (Å²) in [5, 5.41) is 7.60. The van der Waals surface area contributed by atoms with Gasteiger partial charge in [-0.25, -0.2) is 4.79 Å². The van der Waals surface area contributed by atoms with Crippen LogP contribution >= 0.6 is 11.6 Å². The van der Waals surface area contributed by atoms with Crippen molar-refractivity contribution in [2.45, 2.75) is 19.6 Å². The summed E-state index contributed by atoms with van der Waals surface area (Å²) in [5.41, 5.74) is 4.18. The van der Waals surface area contributed by atoms with Gasteiger partial charge in [-0.15, -0.1) is 0 Å². The molecule has 2 aliphatic rings. The van der Waals surface area contributed by atoms with Crippen molar-refractivity contribution in [3.05, 3.63) is 81.9 Å². The van der Waals surface area contributed by atoms with Crippen LogP contribution in [0.15, 0.2) is 59.6 Å². The normalized spacial score (nSPS) is 15.1. The van der Waals surface area contributed by atoms with Gasteiger partial charge < -0.3 is 20.7 Å². The Labute approximate surface area is 245 Å². The molecule has 0 radical (unpaired) electrons. The summed E-state index contributed by atoms with van der Waals surface area (Å²) < 4.78 is 44.9. The average Bonchev–Trinajstić information content (AvgIpc) is 3.38. The molecule has 5 rings (SSSR count). The first kappa shape index (κ1) is 29.6. The van der Waals surface area contributed by atoms with Crippen molar-refractivity contribution < 1.29 is 27.5 Å². The number of halogens is 4. The second kappa shape index (κ2) is 12.5. The molecule has 42 heavy (non-hydrogen) atoms. The third-order valence-electron chi connectivity index (χ3n) is 7.14. The number of rotatable bonds is 7. The molecule has 3 aromatic rings. The van der Waals surface area contributed by atoms with Crippen LogP contribution in [0.2, 0.25) is 5.02 Å². The number of aliphatic imine (C=N–C) groups is 1. The number of nitrogens with zero attached hydrogens (tertiary/aromatic N) is 2. The van der Waals surface area contributed by atoms with Crippen LogP contribution in [0.3, 0.4) is 0 Å². The summed E-state index contributed by atoms with van der Waals surface area (Å²) >= 11 is 5.66. The highest BCUT2D eigenvalue weighted by molar-refractivity contribution is 6.46. The first-order valence-electron chi connectivity index (χ1n) is 13.4. The minimum atomic E-state index is -4.65. The van der Waals surface area contributed by atoms with E-state index in [-0.39, 0.29) is 11.6 Å². The van der Waals surface area contributed by atoms with Crippen molar-refractivity contribution in [3.8, 4) is 11.1 Å². The lowest BCUT2D eigenvalue weighted by Crippen LogP contribution is -2.42. The molecule has 0 aromatic heterocycles. The van der Waals surface area contributed by atoms with Gasteiger partial charge in [0.2, 0.25) is 0 Å². The van der Waals surface area contributed by atoms with Crippen LogP contribution in [-0.4, -0.2) is 61.9 Å². The van der Waals surface area contributed by atoms with E-state index >= 15 is 0 Å². The SMILES string of the molecule is Cc1ccc(NC(=O)Nc2ccc(Cl)c(C(F)(F)F)c2)cc1-c1ccc2c(c1)CN=C2C(=O)NCCN1CCOCC1. The van der Waals surface area contributed by atoms with E-state index in [1.807, 2.05) is 31.2 Å². The Morgan fingerprint density at radius 1 is 0.976 bits per heavy atom. The molecule has 1 saturated heterocycles. The molecule has 3 N–H and O–H groups in total. The Kier molecular flexibility index (Phi) is 8.81. The van der Waals surface area contributed by atoms with E-state index in [0.717, 1.165) is 59.6 Å². The number of nitrogens with one attached hydrogen (secondary N) is 3. The highest BCUT2D eigenvalue weighted by Gasteiger charge is 2.33. The zero-order valence-corrected chi connectivity index (χ0v) is 23.5. The first-order valence-corrected chi connectivity index (χ1v) is 13.8. The Morgan fingerprint density at radius 2 is 1.69 bits per heavy atom. The Hall–Kier alpha value is -3.93. The molecule has 1 fully saturated rings. The zero-order valence-electron chi connectivity index (χ0n) is 22.8. The molecule has 220 valence electrons. The van der Waals surface area contributed by atoms with Crippen LogP contribution in [0, 0.1) is 6.92 Å². The lowest BCUT2D eigenvalue weighted by atomic mass is 9.95. The van der Waals surface area contributed by atoms with Gasteiger partial charge in [-0.2, -0.15) is 13.2 Å². The van der Waals surface area contributed by atoms with E-state index in [9.17, 15) is 22.8 Å². The van der Waals surface area contributed by atoms with Gasteiger partial charge in [-0.3, -0.25) is 14.7 Å². The number of carbonyl (C=O) groups excluding carboxylic acids is 2. The Morgan fingerprint density at radius 3 is 2.43 bits per heavy atom. The minimum absolute atomic E-state index is 0.0453. The van der Waals surface area contributed by atoms with Crippen LogP contribution in [0.4, 0.5) is 29.3 Å². The number of hydrogen-bond acceptors (Lipinski definition) is 5. The van der Waals surface area contributed by atoms with Crippen molar-refractivity contribution in [1.29, 1.82) is 0 Å². The maximum absolute atomic E-state index is 13.2. The van der Waals surface area contributed by atoms with Crippen LogP contribution in [0.5, 0.6) is 0 Å². The molecule has 0 aliphatic carbocycles. The largest absolute Gasteiger partial charge is 0.417 e. The third kappa shape index (κ3) is 6.92. The van der Waals surface area contributed by atoms with Crippen molar-refractivity contribution in [2.24, 2.45) is 4.99 Å². The standard InChI is InChI=1S/C30H29ClF3N5O3/c1-18-2-4-21(37-29(41)38-22-5-7-26(31)25(16-22)30(32,33)34)15-24(18)19-3-6-23-20(14-19)17-36-27(23)28(40)35-8-9-39-10-12-42-13-11-39/h2-7,14-16H,8-13,17H2,1H3,(H,35,40)(H2,37,38,41). The highest BCUT2D eigenvalue weighted by atomic mass is 35.5. The van der Waals surface area contributed by atoms with E-state index < -0.39 is 22.8 Å². The van der Waals surface area contributed by atoms with Gasteiger partial charge in [0.15, 0.2) is 0 Å². The Balaban J connectivity index is 1.24. The number of aryl methyl sites for hydroxylation is 1. The number of fused-ring (bicyclic) bond motifs is 1. The lowest BCUT2D eigenvalue weighted by Gasteiger charge is -2.26. The highest BCUT2D eigenvalue weighted by Crippen LogP contribution is 2.36. The van der Waals surface area contributed by atoms with E-state index in [2.05, 4.69) is 25.8 Å². The van der Waals surface area contributed by atoms with E-state index in [1.165, 1.54) is 6.07 Å². The van der Waals surface area contributed by atoms with E-state index in [1.54, 1.807) is 12.1 Å². The van der Waals surface area contributed by atoms with Gasteiger partial charge in [0.1, 0.15) is 5.71 Å². The molecule has 12 heteroatoms. The quantitative estimate of drug-likeness (QED) is 0.323. The van der Waals surface area contributed by atoms with Crippen LogP contribution < -0.4 is 16.0 Å². The summed E-state index contributed by atoms with van der Waals surface area (Å²) in [6.45, 7) is 6.72. The van der Waals surface area contributed by atoms with Crippen LogP contribution in [0.1, 0.15) is 22.3 Å². The van der Waals surface area contributed by atoms with Gasteiger partial charge in [-0.1, -0.05) is 29.8 Å². The smallest absolute Gasteiger partial charge is 0.379 e. The molecule has 3 amide bonds. The van der Waals surface area contributed by atoms with E-state index in [0.29, 0.717) is 37.7 Å². The number of carbonyl (C=O) groups is 2. The lowest BCUT2D eigenvalue weighted by molar-refractivity contribution is -0.137. The number of hydrogen-bond donors (Lipinski definition) is 3. The predicted octanol–water partition coefficient (Wildman–Crippen LogP) is 5.73. The number of alkyl halides is 3. The van der Waals surface area contributed by atoms with Crippen molar-refractivity contribution in [1.82, 2.24) is 10.2 Å². The molecule has 3 aromatic carbocycles. The first-order chi connectivity index (χ1) is 20.1. The molecule has 0 spiro atoms. The fourth-order valence-electron chi connectivity index (χ4n) is 4.93. The third-order valence-corrected chi connectivity index (χ3v) is 7.47. The average molecular weight is 600 g/mol. The molecule has 0 saturated carbocycles. The van der Waals surface area contributed by atoms with Crippen molar-refractivity contribution in [2.75, 3.05) is 50.0 Å². The van der Waals surface area contributed by atoms with Gasteiger partial charge >= 0.3 is 12.2 Å². The molecule has 0 bridgehead atoms. The predicted molar refractivity (Wildman–Crippen MR) is 156 cm³/mol. The number of ether oxygens (including phenoxy) is 1. The molecule has 0 atom stereocenters. The number of benzene rings is 3. The molecular weight excluding hydrogens is 571 g/mol. The number of urea groups is 1. The number of amides is 3. The van der Waals surface area contributed by atoms with E-state index in [4.69, 9.17) is 16.3 Å². The second-order valence-corrected chi connectivity index (χ2v) is 10.5. The maximum atomic E-state index is 13.2. The maximum Gasteiger partial charge on any atom is 0.417 e. The number of anilines is 2. The Bertz CT molecular complexity index is 1540. The van der Waals surface area contributed by atoms with Crippen LogP contribution in [-0.2, 0) is 22.3 Å². The van der Waals surface area contributed by atoms with Crippen LogP contribution in [0.25, 0.3) is 11.1 Å². The minimum Gasteiger partial charge on any atom is -0.379 e. The fraction of sp³-hybridized carbons (Fsp3) is 0.300. The molecule has 2 aliphatic heterocycles. The van der Waals surface area contributed by atoms with Gasteiger partial charge in [-0.05, 0) is 65.6 Å². The monoisotopic (exact) mass is 599 g/mol. The van der Waals surface area contributed by atoms with Gasteiger partial charge in [0, 0.05) is 43.1 Å². The summed E-state index contributed by atoms with van der Waals surface area (Å²) in [7, 11) is 0.